The summed E-state index contributed by atoms with van der Waals surface area (Å²) in [6.07, 6.45) is -0.900. The van der Waals surface area contributed by atoms with E-state index < -0.39 is 12.3 Å². The lowest BCUT2D eigenvalue weighted by Crippen LogP contribution is -2.34. The topological polar surface area (TPSA) is 78.8 Å². The van der Waals surface area contributed by atoms with Crippen LogP contribution >= 0.6 is 34.5 Å². The normalized spacial score (nSPS) is 18.7. The third-order valence-electron chi connectivity index (χ3n) is 3.66. The van der Waals surface area contributed by atoms with Crippen molar-refractivity contribution in [2.24, 2.45) is 0 Å². The largest absolute Gasteiger partial charge is 0.482 e. The van der Waals surface area contributed by atoms with Crippen LogP contribution in [-0.2, 0) is 0 Å². The number of amides is 2. The van der Waals surface area contributed by atoms with Gasteiger partial charge in [-0.05, 0) is 12.1 Å². The molecule has 0 spiro atoms. The fourth-order valence-electron chi connectivity index (χ4n) is 2.40. The fraction of sp³-hybridized carbons (Fsp3) is 0.400. The lowest BCUT2D eigenvalue weighted by Gasteiger charge is -2.17. The van der Waals surface area contributed by atoms with Gasteiger partial charge in [-0.15, -0.1) is 21.8 Å². The highest BCUT2D eigenvalue weighted by Crippen LogP contribution is 2.35. The number of aliphatic hydroxyl groups excluding tert-OH is 1. The highest BCUT2D eigenvalue weighted by atomic mass is 35.5. The molecule has 1 N–H and O–H groups in total. The third kappa shape index (κ3) is 3.82. The Bertz CT molecular complexity index is 760. The number of urea groups is 1. The van der Waals surface area contributed by atoms with Crippen molar-refractivity contribution in [2.45, 2.75) is 18.8 Å². The van der Waals surface area contributed by atoms with E-state index in [1.54, 1.807) is 19.2 Å². The molecule has 0 aliphatic carbocycles. The highest BCUT2D eigenvalue weighted by Gasteiger charge is 2.37. The number of likely N-dealkylation sites (N-methyl/N-ethyl adjacent to an activating group) is 1. The number of anilines is 1. The van der Waals surface area contributed by atoms with Crippen LogP contribution in [0.3, 0.4) is 0 Å². The smallest absolute Gasteiger partial charge is 0.328 e. The van der Waals surface area contributed by atoms with E-state index in [-0.39, 0.29) is 12.6 Å². The van der Waals surface area contributed by atoms with E-state index in [0.29, 0.717) is 33.2 Å². The first-order chi connectivity index (χ1) is 12.0. The minimum atomic E-state index is -0.950. The van der Waals surface area contributed by atoms with E-state index in [4.69, 9.17) is 27.9 Å². The number of halogens is 2. The second-order valence-corrected chi connectivity index (χ2v) is 7.22. The van der Waals surface area contributed by atoms with Gasteiger partial charge in [0.05, 0.1) is 11.6 Å². The number of nitrogens with zero attached hydrogens (tertiary/aromatic N) is 4. The van der Waals surface area contributed by atoms with Gasteiger partial charge in [0, 0.05) is 19.3 Å². The van der Waals surface area contributed by atoms with Gasteiger partial charge in [-0.2, -0.15) is 0 Å². The summed E-state index contributed by atoms with van der Waals surface area (Å²) in [4.78, 5) is 14.8. The Morgan fingerprint density at radius 2 is 2.20 bits per heavy atom. The Labute approximate surface area is 158 Å². The Balaban J connectivity index is 1.83. The van der Waals surface area contributed by atoms with E-state index in [9.17, 15) is 9.90 Å². The van der Waals surface area contributed by atoms with Crippen LogP contribution in [0, 0.1) is 0 Å². The van der Waals surface area contributed by atoms with Crippen LogP contribution in [0.25, 0.3) is 0 Å². The highest BCUT2D eigenvalue weighted by molar-refractivity contribution is 7.15. The van der Waals surface area contributed by atoms with Crippen molar-refractivity contribution >= 4 is 45.7 Å². The molecular formula is C15H16Cl2N4O3S. The summed E-state index contributed by atoms with van der Waals surface area (Å²) in [5.41, 5.74) is 0. The van der Waals surface area contributed by atoms with Gasteiger partial charge in [0.2, 0.25) is 5.13 Å². The summed E-state index contributed by atoms with van der Waals surface area (Å²) in [6, 6.07) is 6.80. The van der Waals surface area contributed by atoms with Crippen molar-refractivity contribution in [1.29, 1.82) is 0 Å². The molecule has 2 amide bonds. The van der Waals surface area contributed by atoms with Crippen molar-refractivity contribution in [3.8, 4) is 5.75 Å². The Hall–Kier alpha value is -1.61. The molecule has 1 aliphatic rings. The number of para-hydroxylation sites is 1. The third-order valence-corrected chi connectivity index (χ3v) is 5.20. The molecule has 134 valence electrons. The number of rotatable bonds is 6. The van der Waals surface area contributed by atoms with Crippen LogP contribution in [0.15, 0.2) is 24.3 Å². The van der Waals surface area contributed by atoms with Crippen LogP contribution in [0.2, 0.25) is 5.02 Å². The Kier molecular flexibility index (Phi) is 5.63. The molecule has 0 radical (unpaired) electrons. The van der Waals surface area contributed by atoms with Crippen LogP contribution in [0.4, 0.5) is 9.93 Å². The lowest BCUT2D eigenvalue weighted by atomic mass is 10.3. The minimum Gasteiger partial charge on any atom is -0.482 e. The van der Waals surface area contributed by atoms with E-state index in [1.165, 1.54) is 21.1 Å². The molecule has 2 atom stereocenters. The monoisotopic (exact) mass is 402 g/mol. The number of ether oxygens (including phenoxy) is 1. The molecule has 2 aromatic rings. The molecule has 1 aliphatic heterocycles. The number of carbonyl (C=O) groups excluding carboxylic acids is 1. The van der Waals surface area contributed by atoms with Crippen molar-refractivity contribution in [2.75, 3.05) is 24.4 Å². The second kappa shape index (κ2) is 7.74. The number of β-amino-alcohol motifs (C(OH)–C–C–N with tert-alkyl or cyclic N) is 1. The first-order valence-electron chi connectivity index (χ1n) is 7.54. The number of carbonyl (C=O) groups is 1. The van der Waals surface area contributed by atoms with Gasteiger partial charge < -0.3 is 14.7 Å². The van der Waals surface area contributed by atoms with Crippen LogP contribution < -0.4 is 9.64 Å². The Morgan fingerprint density at radius 1 is 1.44 bits per heavy atom. The van der Waals surface area contributed by atoms with Gasteiger partial charge in [0.1, 0.15) is 5.75 Å². The zero-order valence-electron chi connectivity index (χ0n) is 13.3. The first kappa shape index (κ1) is 18.2. The van der Waals surface area contributed by atoms with Gasteiger partial charge >= 0.3 is 6.03 Å². The molecule has 10 heteroatoms. The van der Waals surface area contributed by atoms with E-state index in [0.717, 1.165) is 0 Å². The number of benzene rings is 1. The number of aliphatic hydroxyl groups is 1. The predicted octanol–water partition coefficient (Wildman–Crippen LogP) is 3.13. The van der Waals surface area contributed by atoms with E-state index >= 15 is 0 Å². The molecule has 2 heterocycles. The van der Waals surface area contributed by atoms with Crippen molar-refractivity contribution in [1.82, 2.24) is 15.1 Å². The van der Waals surface area contributed by atoms with Crippen LogP contribution in [-0.4, -0.2) is 51.9 Å². The maximum Gasteiger partial charge on any atom is 0.328 e. The summed E-state index contributed by atoms with van der Waals surface area (Å²) in [5, 5.41) is 19.6. The van der Waals surface area contributed by atoms with Crippen molar-refractivity contribution < 1.29 is 14.6 Å². The van der Waals surface area contributed by atoms with Gasteiger partial charge in [0.25, 0.3) is 0 Å². The predicted molar refractivity (Wildman–Crippen MR) is 96.6 cm³/mol. The molecule has 3 rings (SSSR count). The molecule has 7 nitrogen and oxygen atoms in total. The molecule has 0 saturated carbocycles. The Morgan fingerprint density at radius 3 is 2.84 bits per heavy atom. The van der Waals surface area contributed by atoms with Crippen LogP contribution in [0.1, 0.15) is 17.5 Å². The molecule has 1 saturated heterocycles. The van der Waals surface area contributed by atoms with E-state index in [1.807, 2.05) is 12.1 Å². The molecule has 25 heavy (non-hydrogen) atoms. The van der Waals surface area contributed by atoms with E-state index in [2.05, 4.69) is 10.2 Å². The summed E-state index contributed by atoms with van der Waals surface area (Å²) in [5.74, 6) is 0.881. The number of hydrogen-bond donors (Lipinski definition) is 1. The zero-order chi connectivity index (χ0) is 18.0. The summed E-state index contributed by atoms with van der Waals surface area (Å²) >= 11 is 13.2. The van der Waals surface area contributed by atoms with Gasteiger partial charge in [-0.3, -0.25) is 0 Å². The average molecular weight is 403 g/mol. The lowest BCUT2D eigenvalue weighted by molar-refractivity contribution is 0.183. The summed E-state index contributed by atoms with van der Waals surface area (Å²) in [7, 11) is 1.62. The maximum atomic E-state index is 12.1. The summed E-state index contributed by atoms with van der Waals surface area (Å²) < 4.78 is 5.94. The van der Waals surface area contributed by atoms with Gasteiger partial charge in [-0.25, -0.2) is 9.69 Å². The summed E-state index contributed by atoms with van der Waals surface area (Å²) in [6.45, 7) is 0.217. The molecule has 1 aromatic carbocycles. The van der Waals surface area contributed by atoms with Crippen molar-refractivity contribution in [3.05, 3.63) is 34.3 Å². The molecular weight excluding hydrogens is 387 g/mol. The quantitative estimate of drug-likeness (QED) is 0.750. The maximum absolute atomic E-state index is 12.1. The zero-order valence-corrected chi connectivity index (χ0v) is 15.6. The standard InChI is InChI=1S/C15H16Cl2N4O3S/c1-20-8-12(22)21(15(20)23)14-19-18-13(25-14)11(6-7-16)24-10-5-3-2-4-9(10)17/h2-5,11-12,22H,6-8H2,1H3. The first-order valence-corrected chi connectivity index (χ1v) is 9.27. The molecule has 1 fully saturated rings. The SMILES string of the molecule is CN1CC(O)N(c2nnc(C(CCCl)Oc3ccccc3Cl)s2)C1=O. The number of alkyl halides is 1. The second-order valence-electron chi connectivity index (χ2n) is 5.45. The van der Waals surface area contributed by atoms with Crippen molar-refractivity contribution in [3.63, 3.8) is 0 Å². The van der Waals surface area contributed by atoms with Gasteiger partial charge in [0.15, 0.2) is 17.3 Å². The molecule has 1 aromatic heterocycles. The minimum absolute atomic E-state index is 0.217. The van der Waals surface area contributed by atoms with Gasteiger partial charge in [-0.1, -0.05) is 35.1 Å². The fourth-order valence-corrected chi connectivity index (χ4v) is 3.73. The number of aromatic nitrogens is 2. The molecule has 0 bridgehead atoms. The molecule has 2 unspecified atom stereocenters. The average Bonchev–Trinajstić information content (AvgIpc) is 3.14. The number of hydrogen-bond acceptors (Lipinski definition) is 6. The van der Waals surface area contributed by atoms with Crippen LogP contribution in [0.5, 0.6) is 5.75 Å².